The van der Waals surface area contributed by atoms with Crippen LogP contribution >= 0.6 is 0 Å². The summed E-state index contributed by atoms with van der Waals surface area (Å²) in [7, 11) is 1.43. The van der Waals surface area contributed by atoms with E-state index in [1.165, 1.54) is 7.11 Å². The lowest BCUT2D eigenvalue weighted by atomic mass is 10.2. The molecule has 0 aliphatic rings. The van der Waals surface area contributed by atoms with Gasteiger partial charge in [0.1, 0.15) is 12.4 Å². The third-order valence-corrected chi connectivity index (χ3v) is 2.91. The van der Waals surface area contributed by atoms with E-state index in [9.17, 15) is 4.39 Å². The van der Waals surface area contributed by atoms with E-state index in [1.807, 2.05) is 13.0 Å². The van der Waals surface area contributed by atoms with Gasteiger partial charge >= 0.3 is 0 Å². The van der Waals surface area contributed by atoms with Crippen molar-refractivity contribution in [3.05, 3.63) is 53.1 Å². The van der Waals surface area contributed by atoms with Gasteiger partial charge < -0.3 is 15.2 Å². The van der Waals surface area contributed by atoms with Gasteiger partial charge in [0.25, 0.3) is 0 Å². The molecule has 1 aromatic carbocycles. The summed E-state index contributed by atoms with van der Waals surface area (Å²) in [4.78, 5) is 4.29. The summed E-state index contributed by atoms with van der Waals surface area (Å²) >= 11 is 0. The number of nitrogens with zero attached hydrogens (tertiary/aromatic N) is 1. The quantitative estimate of drug-likeness (QED) is 0.912. The Balaban J connectivity index is 2.17. The second-order valence-corrected chi connectivity index (χ2v) is 4.32. The van der Waals surface area contributed by atoms with Gasteiger partial charge in [-0.1, -0.05) is 12.1 Å². The normalized spacial score (nSPS) is 10.4. The molecule has 4 nitrogen and oxygen atoms in total. The predicted molar refractivity (Wildman–Crippen MR) is 74.1 cm³/mol. The SMILES string of the molecule is COc1cccc(COc2ccc(C)nc2CN)c1F. The second kappa shape index (κ2) is 6.34. The Kier molecular flexibility index (Phi) is 4.53. The zero-order chi connectivity index (χ0) is 14.5. The molecule has 0 unspecified atom stereocenters. The highest BCUT2D eigenvalue weighted by molar-refractivity contribution is 5.32. The van der Waals surface area contributed by atoms with E-state index in [1.54, 1.807) is 24.3 Å². The molecule has 2 aromatic rings. The summed E-state index contributed by atoms with van der Waals surface area (Å²) in [6.45, 7) is 2.25. The number of methoxy groups -OCH3 is 1. The summed E-state index contributed by atoms with van der Waals surface area (Å²) < 4.78 is 24.5. The molecule has 1 heterocycles. The molecular formula is C15H17FN2O2. The van der Waals surface area contributed by atoms with Crippen LogP contribution in [0, 0.1) is 12.7 Å². The van der Waals surface area contributed by atoms with Crippen LogP contribution in [0.2, 0.25) is 0 Å². The zero-order valence-corrected chi connectivity index (χ0v) is 11.5. The van der Waals surface area contributed by atoms with Gasteiger partial charge in [0.05, 0.1) is 12.8 Å². The second-order valence-electron chi connectivity index (χ2n) is 4.32. The maximum atomic E-state index is 14.0. The first kappa shape index (κ1) is 14.3. The molecule has 0 amide bonds. The average molecular weight is 276 g/mol. The maximum Gasteiger partial charge on any atom is 0.171 e. The molecule has 1 aromatic heterocycles. The minimum atomic E-state index is -0.413. The Morgan fingerprint density at radius 1 is 1.20 bits per heavy atom. The number of halogens is 1. The first-order valence-corrected chi connectivity index (χ1v) is 6.26. The highest BCUT2D eigenvalue weighted by Crippen LogP contribution is 2.23. The maximum absolute atomic E-state index is 14.0. The molecule has 2 rings (SSSR count). The monoisotopic (exact) mass is 276 g/mol. The van der Waals surface area contributed by atoms with Crippen LogP contribution in [0.4, 0.5) is 4.39 Å². The molecule has 0 saturated heterocycles. The largest absolute Gasteiger partial charge is 0.494 e. The van der Waals surface area contributed by atoms with E-state index in [-0.39, 0.29) is 18.9 Å². The minimum absolute atomic E-state index is 0.0980. The molecule has 5 heteroatoms. The van der Waals surface area contributed by atoms with Crippen LogP contribution in [0.3, 0.4) is 0 Å². The molecule has 0 aliphatic carbocycles. The van der Waals surface area contributed by atoms with Crippen molar-refractivity contribution < 1.29 is 13.9 Å². The lowest BCUT2D eigenvalue weighted by Crippen LogP contribution is -2.07. The third kappa shape index (κ3) is 3.05. The number of benzene rings is 1. The van der Waals surface area contributed by atoms with E-state index in [2.05, 4.69) is 4.98 Å². The zero-order valence-electron chi connectivity index (χ0n) is 11.5. The van der Waals surface area contributed by atoms with Crippen LogP contribution in [0.25, 0.3) is 0 Å². The van der Waals surface area contributed by atoms with Gasteiger partial charge in [0.2, 0.25) is 0 Å². The smallest absolute Gasteiger partial charge is 0.171 e. The first-order chi connectivity index (χ1) is 9.65. The van der Waals surface area contributed by atoms with Crippen molar-refractivity contribution >= 4 is 0 Å². The topological polar surface area (TPSA) is 57.4 Å². The number of hydrogen-bond acceptors (Lipinski definition) is 4. The standard InChI is InChI=1S/C15H17FN2O2/c1-10-6-7-13(12(8-17)18-10)20-9-11-4-3-5-14(19-2)15(11)16/h3-7H,8-9,17H2,1-2H3. The van der Waals surface area contributed by atoms with Crippen LogP contribution in [0.5, 0.6) is 11.5 Å². The molecule has 0 aliphatic heterocycles. The number of aromatic nitrogens is 1. The highest BCUT2D eigenvalue weighted by Gasteiger charge is 2.10. The molecule has 0 radical (unpaired) electrons. The Morgan fingerprint density at radius 2 is 2.00 bits per heavy atom. The van der Waals surface area contributed by atoms with Gasteiger partial charge in [-0.25, -0.2) is 4.39 Å². The van der Waals surface area contributed by atoms with Crippen molar-refractivity contribution in [2.75, 3.05) is 7.11 Å². The first-order valence-electron chi connectivity index (χ1n) is 6.26. The molecular weight excluding hydrogens is 259 g/mol. The summed E-state index contributed by atoms with van der Waals surface area (Å²) in [6, 6.07) is 8.57. The van der Waals surface area contributed by atoms with E-state index in [0.29, 0.717) is 17.0 Å². The van der Waals surface area contributed by atoms with Gasteiger partial charge in [-0.2, -0.15) is 0 Å². The summed E-state index contributed by atoms with van der Waals surface area (Å²) in [5, 5.41) is 0. The van der Waals surface area contributed by atoms with Crippen molar-refractivity contribution in [2.45, 2.75) is 20.1 Å². The van der Waals surface area contributed by atoms with Gasteiger partial charge in [0.15, 0.2) is 11.6 Å². The Labute approximate surface area is 117 Å². The summed E-state index contributed by atoms with van der Waals surface area (Å²) in [5.41, 5.74) is 7.58. The van der Waals surface area contributed by atoms with Crippen molar-refractivity contribution in [2.24, 2.45) is 5.73 Å². The predicted octanol–water partition coefficient (Wildman–Crippen LogP) is 2.58. The fraction of sp³-hybridized carbons (Fsp3) is 0.267. The molecule has 0 fully saturated rings. The molecule has 0 atom stereocenters. The fourth-order valence-electron chi connectivity index (χ4n) is 1.86. The molecule has 0 spiro atoms. The lowest BCUT2D eigenvalue weighted by Gasteiger charge is -2.12. The van der Waals surface area contributed by atoms with Gasteiger partial charge in [-0.05, 0) is 25.1 Å². The number of aryl methyl sites for hydroxylation is 1. The summed E-state index contributed by atoms with van der Waals surface area (Å²) in [6.07, 6.45) is 0. The Hall–Kier alpha value is -2.14. The highest BCUT2D eigenvalue weighted by atomic mass is 19.1. The van der Waals surface area contributed by atoms with Crippen molar-refractivity contribution in [3.63, 3.8) is 0 Å². The van der Waals surface area contributed by atoms with E-state index in [0.717, 1.165) is 5.69 Å². The van der Waals surface area contributed by atoms with Crippen molar-refractivity contribution in [1.82, 2.24) is 4.98 Å². The molecule has 0 saturated carbocycles. The van der Waals surface area contributed by atoms with Crippen LogP contribution < -0.4 is 15.2 Å². The minimum Gasteiger partial charge on any atom is -0.494 e. The van der Waals surface area contributed by atoms with Crippen LogP contribution in [-0.4, -0.2) is 12.1 Å². The van der Waals surface area contributed by atoms with Crippen molar-refractivity contribution in [3.8, 4) is 11.5 Å². The van der Waals surface area contributed by atoms with E-state index >= 15 is 0 Å². The van der Waals surface area contributed by atoms with E-state index < -0.39 is 5.82 Å². The molecule has 20 heavy (non-hydrogen) atoms. The van der Waals surface area contributed by atoms with Crippen molar-refractivity contribution in [1.29, 1.82) is 0 Å². The number of nitrogens with two attached hydrogens (primary N) is 1. The van der Waals surface area contributed by atoms with E-state index in [4.69, 9.17) is 15.2 Å². The van der Waals surface area contributed by atoms with Gasteiger partial charge in [0, 0.05) is 17.8 Å². The van der Waals surface area contributed by atoms with Crippen LogP contribution in [0.1, 0.15) is 17.0 Å². The number of ether oxygens (including phenoxy) is 2. The lowest BCUT2D eigenvalue weighted by molar-refractivity contribution is 0.291. The van der Waals surface area contributed by atoms with Crippen LogP contribution in [-0.2, 0) is 13.2 Å². The number of rotatable bonds is 5. The molecule has 0 bridgehead atoms. The van der Waals surface area contributed by atoms with Gasteiger partial charge in [-0.15, -0.1) is 0 Å². The van der Waals surface area contributed by atoms with Crippen LogP contribution in [0.15, 0.2) is 30.3 Å². The average Bonchev–Trinajstić information content (AvgIpc) is 2.47. The van der Waals surface area contributed by atoms with Gasteiger partial charge in [-0.3, -0.25) is 4.98 Å². The Morgan fingerprint density at radius 3 is 2.70 bits per heavy atom. The number of hydrogen-bond donors (Lipinski definition) is 1. The molecule has 2 N–H and O–H groups in total. The Bertz CT molecular complexity index is 602. The summed E-state index contributed by atoms with van der Waals surface area (Å²) in [5.74, 6) is 0.358. The fourth-order valence-corrected chi connectivity index (χ4v) is 1.86. The number of pyridine rings is 1. The molecule has 106 valence electrons. The third-order valence-electron chi connectivity index (χ3n) is 2.91.